The van der Waals surface area contributed by atoms with Crippen molar-refractivity contribution in [1.29, 1.82) is 0 Å². The lowest BCUT2D eigenvalue weighted by atomic mass is 10.4. The van der Waals surface area contributed by atoms with Crippen molar-refractivity contribution >= 4 is 11.8 Å². The summed E-state index contributed by atoms with van der Waals surface area (Å²) in [7, 11) is 0. The topological polar surface area (TPSA) is 123 Å². The van der Waals surface area contributed by atoms with Gasteiger partial charge in [-0.25, -0.2) is 0 Å². The van der Waals surface area contributed by atoms with Crippen LogP contribution in [0.4, 0.5) is 0 Å². The number of carbonyl (C=O) groups is 2. The largest absolute Gasteiger partial charge is 0.376 e. The van der Waals surface area contributed by atoms with Crippen LogP contribution in [-0.2, 0) is 28.5 Å². The van der Waals surface area contributed by atoms with Crippen LogP contribution in [0.15, 0.2) is 0 Å². The van der Waals surface area contributed by atoms with Crippen LogP contribution in [0.1, 0.15) is 6.92 Å². The van der Waals surface area contributed by atoms with Crippen LogP contribution in [0, 0.1) is 0 Å². The highest BCUT2D eigenvalue weighted by molar-refractivity contribution is 5.75. The fraction of sp³-hybridized carbons (Fsp3) is 0.818. The van der Waals surface area contributed by atoms with Crippen molar-refractivity contribution in [2.75, 3.05) is 46.2 Å². The van der Waals surface area contributed by atoms with E-state index in [0.29, 0.717) is 19.8 Å². The molecule has 1 atom stereocenters. The van der Waals surface area contributed by atoms with Crippen LogP contribution in [0.2, 0.25) is 2.82 Å². The van der Waals surface area contributed by atoms with Crippen molar-refractivity contribution in [2.24, 2.45) is 11.5 Å². The molecule has 0 saturated carbocycles. The van der Waals surface area contributed by atoms with Gasteiger partial charge < -0.3 is 30.4 Å². The van der Waals surface area contributed by atoms with E-state index >= 15 is 0 Å². The minimum Gasteiger partial charge on any atom is -0.376 e. The van der Waals surface area contributed by atoms with Gasteiger partial charge in [-0.3, -0.25) is 9.59 Å². The number of carbonyl (C=O) groups excluding carboxylic acids is 2. The molecule has 0 rings (SSSR count). The highest BCUT2D eigenvalue weighted by Gasteiger charge is 2.03. The average Bonchev–Trinajstić information content (AvgIpc) is 2.49. The zero-order chi connectivity index (χ0) is 15.9. The number of ether oxygens (including phenoxy) is 4. The Morgan fingerprint density at radius 1 is 1.00 bits per heavy atom. The van der Waals surface area contributed by atoms with E-state index in [9.17, 15) is 9.59 Å². The van der Waals surface area contributed by atoms with Crippen molar-refractivity contribution in [2.45, 2.75) is 13.0 Å². The van der Waals surface area contributed by atoms with Gasteiger partial charge in [0.1, 0.15) is 13.2 Å². The Kier molecular flexibility index (Phi) is 8.85. The average molecular weight is 280 g/mol. The smallest absolute Gasteiger partial charge is 0.243 e. The Morgan fingerprint density at radius 3 is 2.11 bits per heavy atom. The Morgan fingerprint density at radius 2 is 1.53 bits per heavy atom. The summed E-state index contributed by atoms with van der Waals surface area (Å²) in [5.41, 5.74) is 3.39. The third kappa shape index (κ3) is 14.7. The lowest BCUT2D eigenvalue weighted by Gasteiger charge is -2.13. The zero-order valence-corrected chi connectivity index (χ0v) is 11.0. The number of primary amides is 2. The third-order valence-electron chi connectivity index (χ3n) is 1.82. The van der Waals surface area contributed by atoms with Crippen molar-refractivity contribution in [3.63, 3.8) is 0 Å². The summed E-state index contributed by atoms with van der Waals surface area (Å²) in [4.78, 5) is 21.3. The van der Waals surface area contributed by atoms with Crippen LogP contribution in [-0.4, -0.2) is 64.2 Å². The standard InChI is InChI=1S/C11H22N2O6/c1-9(19-5-4-18-8-11(13)15)6-16-2-3-17-7-10(12)14/h9H,2-8H2,1H3,(H2,12,14)(H2,13,15)/i/hD2. The maximum atomic E-state index is 10.7. The van der Waals surface area contributed by atoms with Crippen LogP contribution in [0.5, 0.6) is 0 Å². The van der Waals surface area contributed by atoms with Crippen LogP contribution in [0.25, 0.3) is 0 Å². The highest BCUT2D eigenvalue weighted by atomic mass is 16.6. The van der Waals surface area contributed by atoms with Gasteiger partial charge in [0.05, 0.1) is 39.1 Å². The van der Waals surface area contributed by atoms with Crippen molar-refractivity contribution in [1.82, 2.24) is 0 Å². The van der Waals surface area contributed by atoms with Crippen molar-refractivity contribution < 1.29 is 31.4 Å². The monoisotopic (exact) mass is 280 g/mol. The molecular formula is C11H22N2O6. The molecule has 4 N–H and O–H groups in total. The molecule has 0 fully saturated rings. The molecular weight excluding hydrogens is 256 g/mol. The van der Waals surface area contributed by atoms with Gasteiger partial charge in [0.15, 0.2) is 2.82 Å². The summed E-state index contributed by atoms with van der Waals surface area (Å²) >= 11 is 0. The summed E-state index contributed by atoms with van der Waals surface area (Å²) in [6.07, 6.45) is -0.143. The normalized spacial score (nSPS) is 13.3. The summed E-state index contributed by atoms with van der Waals surface area (Å²) in [6.45, 7) is 3.00. The molecule has 0 bridgehead atoms. The predicted octanol–water partition coefficient (Wildman–Crippen LogP) is -1.59. The number of amides is 2. The second-order valence-electron chi connectivity index (χ2n) is 3.71. The van der Waals surface area contributed by atoms with Crippen molar-refractivity contribution in [3.8, 4) is 0 Å². The van der Waals surface area contributed by atoms with Crippen LogP contribution >= 0.6 is 0 Å². The Balaban J connectivity index is 3.29. The molecule has 0 aliphatic carbocycles. The van der Waals surface area contributed by atoms with Crippen molar-refractivity contribution in [3.05, 3.63) is 0 Å². The van der Waals surface area contributed by atoms with Gasteiger partial charge in [0.25, 0.3) is 0 Å². The Labute approximate surface area is 115 Å². The van der Waals surface area contributed by atoms with Gasteiger partial charge in [-0.15, -0.1) is 0 Å². The molecule has 0 aliphatic rings. The van der Waals surface area contributed by atoms with E-state index in [-0.39, 0.29) is 32.5 Å². The van der Waals surface area contributed by atoms with E-state index in [2.05, 4.69) is 0 Å². The number of nitrogens with two attached hydrogens (primary N) is 2. The molecule has 8 heteroatoms. The Hall–Kier alpha value is -1.22. The molecule has 0 aromatic carbocycles. The highest BCUT2D eigenvalue weighted by Crippen LogP contribution is 1.92. The number of hydrogen-bond acceptors (Lipinski definition) is 6. The fourth-order valence-corrected chi connectivity index (χ4v) is 1.05. The molecule has 1 unspecified atom stereocenters. The first kappa shape index (κ1) is 14.2. The maximum absolute atomic E-state index is 10.7. The molecule has 8 nitrogen and oxygen atoms in total. The lowest BCUT2D eigenvalue weighted by Crippen LogP contribution is -2.23. The predicted molar refractivity (Wildman–Crippen MR) is 66.3 cm³/mol. The minimum atomic E-state index is -0.509. The zero-order valence-electron chi connectivity index (χ0n) is 13.0. The van der Waals surface area contributed by atoms with E-state index in [0.717, 1.165) is 0 Å². The third-order valence-corrected chi connectivity index (χ3v) is 1.82. The summed E-state index contributed by atoms with van der Waals surface area (Å²) in [5.74, 6) is -1.02. The Bertz CT molecular complexity index is 296. The van der Waals surface area contributed by atoms with Gasteiger partial charge in [-0.05, 0) is 6.92 Å². The SMILES string of the molecule is [2H]NC(=O)COCCOCC(C)OCCOCC(=O)N[2H]. The molecule has 0 aromatic heterocycles. The van der Waals surface area contributed by atoms with Gasteiger partial charge >= 0.3 is 0 Å². The maximum Gasteiger partial charge on any atom is 0.243 e. The number of hydrogen-bond donors (Lipinski definition) is 2. The molecule has 0 heterocycles. The molecule has 0 aliphatic heterocycles. The van der Waals surface area contributed by atoms with E-state index in [1.165, 1.54) is 0 Å². The lowest BCUT2D eigenvalue weighted by molar-refractivity contribution is -0.124. The van der Waals surface area contributed by atoms with E-state index < -0.39 is 11.8 Å². The molecule has 0 saturated heterocycles. The summed E-state index contributed by atoms with van der Waals surface area (Å²) in [6, 6.07) is 0. The van der Waals surface area contributed by atoms with E-state index in [1.54, 1.807) is 11.5 Å². The second-order valence-corrected chi connectivity index (χ2v) is 3.71. The molecule has 0 radical (unpaired) electrons. The van der Waals surface area contributed by atoms with Crippen LogP contribution in [0.3, 0.4) is 0 Å². The first-order chi connectivity index (χ1) is 10.1. The van der Waals surface area contributed by atoms with Gasteiger partial charge in [-0.2, -0.15) is 0 Å². The van der Waals surface area contributed by atoms with Crippen LogP contribution < -0.4 is 11.5 Å². The first-order valence-corrected chi connectivity index (χ1v) is 5.86. The molecule has 0 aromatic rings. The second kappa shape index (κ2) is 11.8. The van der Waals surface area contributed by atoms with Gasteiger partial charge in [-0.1, -0.05) is 0 Å². The van der Waals surface area contributed by atoms with E-state index in [4.69, 9.17) is 21.8 Å². The molecule has 2 amide bonds. The van der Waals surface area contributed by atoms with Gasteiger partial charge in [0, 0.05) is 0 Å². The quantitative estimate of drug-likeness (QED) is 0.392. The number of rotatable bonds is 13. The molecule has 19 heavy (non-hydrogen) atoms. The first-order valence-electron chi connectivity index (χ1n) is 6.86. The van der Waals surface area contributed by atoms with Gasteiger partial charge in [0.2, 0.25) is 11.8 Å². The molecule has 112 valence electrons. The van der Waals surface area contributed by atoms with E-state index in [1.807, 2.05) is 6.92 Å². The minimum absolute atomic E-state index is 0.143. The molecule has 0 spiro atoms. The fourth-order valence-electron chi connectivity index (χ4n) is 1.05. The summed E-state index contributed by atoms with van der Waals surface area (Å²) < 4.78 is 33.6. The summed E-state index contributed by atoms with van der Waals surface area (Å²) in [5, 5.41) is 0.